The lowest BCUT2D eigenvalue weighted by atomic mass is 9.99. The van der Waals surface area contributed by atoms with Crippen LogP contribution in [0.1, 0.15) is 84.0 Å². The number of carbonyl (C=O) groups is 3. The van der Waals surface area contributed by atoms with Crippen molar-refractivity contribution < 1.29 is 44.3 Å². The van der Waals surface area contributed by atoms with Crippen molar-refractivity contribution in [1.29, 1.82) is 0 Å². The van der Waals surface area contributed by atoms with E-state index >= 15 is 0 Å². The first-order valence-electron chi connectivity index (χ1n) is 14.7. The maximum absolute atomic E-state index is 12.8. The maximum Gasteiger partial charge on any atom is 0.244 e. The van der Waals surface area contributed by atoms with Gasteiger partial charge in [-0.1, -0.05) is 39.0 Å². The molecule has 40 heavy (non-hydrogen) atoms. The summed E-state index contributed by atoms with van der Waals surface area (Å²) in [6, 6.07) is -1.09. The van der Waals surface area contributed by atoms with Gasteiger partial charge in [0, 0.05) is 25.9 Å². The molecule has 234 valence electrons. The number of nitrogens with one attached hydrogen (secondary N) is 3. The van der Waals surface area contributed by atoms with E-state index in [1.807, 2.05) is 6.92 Å². The van der Waals surface area contributed by atoms with Gasteiger partial charge in [-0.15, -0.1) is 0 Å². The van der Waals surface area contributed by atoms with Crippen LogP contribution in [-0.4, -0.2) is 108 Å². The molecule has 1 aliphatic heterocycles. The van der Waals surface area contributed by atoms with Crippen LogP contribution in [0.15, 0.2) is 0 Å². The highest BCUT2D eigenvalue weighted by molar-refractivity contribution is 5.87. The lowest BCUT2D eigenvalue weighted by molar-refractivity contribution is -0.301. The minimum atomic E-state index is -1.62. The van der Waals surface area contributed by atoms with Crippen LogP contribution in [0.2, 0.25) is 0 Å². The molecule has 0 unspecified atom stereocenters. The van der Waals surface area contributed by atoms with Gasteiger partial charge in [-0.25, -0.2) is 0 Å². The minimum absolute atomic E-state index is 0.0130. The number of nitrogens with two attached hydrogens (primary N) is 1. The summed E-state index contributed by atoms with van der Waals surface area (Å²) < 4.78 is 10.8. The summed E-state index contributed by atoms with van der Waals surface area (Å²) in [6.07, 6.45) is 1.94. The monoisotopic (exact) mass is 576 g/mol. The molecule has 13 nitrogen and oxygen atoms in total. The molecule has 0 spiro atoms. The lowest BCUT2D eigenvalue weighted by Crippen LogP contribution is -2.60. The smallest absolute Gasteiger partial charge is 0.244 e. The molecular weight excluding hydrogens is 524 g/mol. The second-order valence-electron chi connectivity index (χ2n) is 10.3. The van der Waals surface area contributed by atoms with Crippen LogP contribution in [0.25, 0.3) is 0 Å². The summed E-state index contributed by atoms with van der Waals surface area (Å²) in [5.74, 6) is -0.795. The van der Waals surface area contributed by atoms with Crippen LogP contribution in [0.4, 0.5) is 0 Å². The predicted molar refractivity (Wildman–Crippen MR) is 148 cm³/mol. The zero-order valence-electron chi connectivity index (χ0n) is 23.9. The molecule has 1 heterocycles. The summed E-state index contributed by atoms with van der Waals surface area (Å²) in [4.78, 5) is 37.2. The first-order valence-corrected chi connectivity index (χ1v) is 14.7. The van der Waals surface area contributed by atoms with Gasteiger partial charge in [0.15, 0.2) is 6.29 Å². The Kier molecular flexibility index (Phi) is 19.7. The number of hydrogen-bond acceptors (Lipinski definition) is 10. The third-order valence-electron chi connectivity index (χ3n) is 6.77. The van der Waals surface area contributed by atoms with Crippen LogP contribution in [0, 0.1) is 0 Å². The van der Waals surface area contributed by atoms with Gasteiger partial charge in [-0.05, 0) is 38.6 Å². The van der Waals surface area contributed by atoms with Crippen molar-refractivity contribution >= 4 is 17.7 Å². The highest BCUT2D eigenvalue weighted by atomic mass is 16.7. The van der Waals surface area contributed by atoms with Gasteiger partial charge in [0.2, 0.25) is 17.7 Å². The zero-order chi connectivity index (χ0) is 29.8. The maximum atomic E-state index is 12.8. The van der Waals surface area contributed by atoms with E-state index < -0.39 is 49.3 Å². The number of amides is 3. The van der Waals surface area contributed by atoms with E-state index in [1.54, 1.807) is 0 Å². The molecule has 1 fully saturated rings. The second-order valence-corrected chi connectivity index (χ2v) is 10.3. The number of aliphatic hydroxyl groups is 4. The van der Waals surface area contributed by atoms with Crippen LogP contribution < -0.4 is 21.7 Å². The molecule has 1 saturated heterocycles. The van der Waals surface area contributed by atoms with Gasteiger partial charge in [-0.2, -0.15) is 0 Å². The van der Waals surface area contributed by atoms with Crippen molar-refractivity contribution in [3.63, 3.8) is 0 Å². The Balaban J connectivity index is 2.46. The third-order valence-corrected chi connectivity index (χ3v) is 6.77. The van der Waals surface area contributed by atoms with Crippen molar-refractivity contribution in [3.8, 4) is 0 Å². The molecular formula is C27H52N4O9. The fraction of sp³-hybridized carbons (Fsp3) is 0.889. The van der Waals surface area contributed by atoms with E-state index in [1.165, 1.54) is 0 Å². The molecule has 1 aliphatic rings. The van der Waals surface area contributed by atoms with E-state index in [4.69, 9.17) is 15.2 Å². The zero-order valence-corrected chi connectivity index (χ0v) is 23.9. The van der Waals surface area contributed by atoms with Crippen LogP contribution in [0.5, 0.6) is 0 Å². The number of aliphatic hydroxyl groups excluding tert-OH is 4. The molecule has 0 aliphatic carbocycles. The fourth-order valence-electron chi connectivity index (χ4n) is 4.24. The Hall–Kier alpha value is -1.87. The summed E-state index contributed by atoms with van der Waals surface area (Å²) in [5.41, 5.74) is 5.46. The Morgan fingerprint density at radius 3 is 2.12 bits per heavy atom. The normalized spacial score (nSPS) is 23.4. The Morgan fingerprint density at radius 1 is 0.825 bits per heavy atom. The molecule has 0 aromatic rings. The first kappa shape index (κ1) is 36.2. The van der Waals surface area contributed by atoms with Crippen LogP contribution in [-0.2, 0) is 23.9 Å². The van der Waals surface area contributed by atoms with E-state index in [0.717, 1.165) is 44.9 Å². The average Bonchev–Trinajstić information content (AvgIpc) is 2.94. The van der Waals surface area contributed by atoms with Gasteiger partial charge in [0.05, 0.1) is 13.2 Å². The number of hydrogen-bond donors (Lipinski definition) is 8. The number of rotatable bonds is 22. The molecule has 1 rings (SSSR count). The molecule has 9 N–H and O–H groups in total. The summed E-state index contributed by atoms with van der Waals surface area (Å²) in [6.45, 7) is 2.73. The standard InChI is InChI=1S/C27H52N4O9/c1-2-3-7-13-22(34)31-19(18-39-27-25(37)24(36)23(35)20(17-32)40-27)26(38)30-16-11-6-8-12-21(33)29-15-10-5-4-9-14-28/h19-20,23-25,27,32,35-37H,2-18,28H2,1H3,(H,29,33)(H,30,38)(H,31,34)/t19-,20+,23-,24-,25+,27+/m0/s1. The molecule has 0 saturated carbocycles. The van der Waals surface area contributed by atoms with E-state index in [9.17, 15) is 34.8 Å². The molecule has 0 aromatic heterocycles. The van der Waals surface area contributed by atoms with Crippen molar-refractivity contribution in [2.75, 3.05) is 32.8 Å². The van der Waals surface area contributed by atoms with Crippen molar-refractivity contribution in [1.82, 2.24) is 16.0 Å². The molecule has 6 atom stereocenters. The fourth-order valence-corrected chi connectivity index (χ4v) is 4.24. The van der Waals surface area contributed by atoms with Crippen molar-refractivity contribution in [3.05, 3.63) is 0 Å². The number of carbonyl (C=O) groups excluding carboxylic acids is 3. The van der Waals surface area contributed by atoms with Crippen LogP contribution >= 0.6 is 0 Å². The predicted octanol–water partition coefficient (Wildman–Crippen LogP) is -0.820. The third kappa shape index (κ3) is 14.7. The Morgan fingerprint density at radius 2 is 1.45 bits per heavy atom. The van der Waals surface area contributed by atoms with E-state index in [0.29, 0.717) is 45.3 Å². The molecule has 13 heteroatoms. The highest BCUT2D eigenvalue weighted by Gasteiger charge is 2.44. The van der Waals surface area contributed by atoms with Gasteiger partial charge in [0.25, 0.3) is 0 Å². The lowest BCUT2D eigenvalue weighted by Gasteiger charge is -2.39. The highest BCUT2D eigenvalue weighted by Crippen LogP contribution is 2.22. The second kappa shape index (κ2) is 21.8. The summed E-state index contributed by atoms with van der Waals surface area (Å²) in [5, 5.41) is 47.8. The van der Waals surface area contributed by atoms with E-state index in [2.05, 4.69) is 16.0 Å². The number of ether oxygens (including phenoxy) is 2. The Bertz CT molecular complexity index is 713. The summed E-state index contributed by atoms with van der Waals surface area (Å²) >= 11 is 0. The average molecular weight is 577 g/mol. The van der Waals surface area contributed by atoms with Crippen LogP contribution in [0.3, 0.4) is 0 Å². The first-order chi connectivity index (χ1) is 19.2. The van der Waals surface area contributed by atoms with Crippen molar-refractivity contribution in [2.24, 2.45) is 5.73 Å². The molecule has 0 radical (unpaired) electrons. The van der Waals surface area contributed by atoms with Gasteiger partial charge in [0.1, 0.15) is 30.5 Å². The van der Waals surface area contributed by atoms with E-state index in [-0.39, 0.29) is 24.8 Å². The topological polar surface area (TPSA) is 213 Å². The van der Waals surface area contributed by atoms with Gasteiger partial charge < -0.3 is 51.6 Å². The molecule has 0 aromatic carbocycles. The Labute approximate surface area is 237 Å². The molecule has 0 bridgehead atoms. The molecule has 3 amide bonds. The summed E-state index contributed by atoms with van der Waals surface area (Å²) in [7, 11) is 0. The largest absolute Gasteiger partial charge is 0.394 e. The quantitative estimate of drug-likeness (QED) is 0.0750. The van der Waals surface area contributed by atoms with Gasteiger partial charge >= 0.3 is 0 Å². The SMILES string of the molecule is CCCCCC(=O)N[C@@H](CO[C@@H]1O[C@H](CO)[C@H](O)[C@H](O)[C@H]1O)C(=O)NCCCCCC(=O)NCCCCCCN. The minimum Gasteiger partial charge on any atom is -0.394 e. The number of unbranched alkanes of at least 4 members (excludes halogenated alkanes) is 7. The van der Waals surface area contributed by atoms with Crippen molar-refractivity contribution in [2.45, 2.75) is 121 Å². The van der Waals surface area contributed by atoms with Gasteiger partial charge in [-0.3, -0.25) is 14.4 Å².